The third-order valence-electron chi connectivity index (χ3n) is 4.36. The zero-order valence-electron chi connectivity index (χ0n) is 15.1. The first-order chi connectivity index (χ1) is 12.6. The molecule has 26 heavy (non-hydrogen) atoms. The van der Waals surface area contributed by atoms with Crippen LogP contribution >= 0.6 is 0 Å². The van der Waals surface area contributed by atoms with Gasteiger partial charge in [-0.05, 0) is 24.6 Å². The van der Waals surface area contributed by atoms with Gasteiger partial charge in [0, 0.05) is 31.5 Å². The highest BCUT2D eigenvalue weighted by Crippen LogP contribution is 2.30. The fraction of sp³-hybridized carbons (Fsp3) is 0.250. The van der Waals surface area contributed by atoms with E-state index in [0.29, 0.717) is 6.54 Å². The van der Waals surface area contributed by atoms with Crippen LogP contribution in [0.4, 0.5) is 0 Å². The Kier molecular flexibility index (Phi) is 5.31. The lowest BCUT2D eigenvalue weighted by Gasteiger charge is -2.31. The van der Waals surface area contributed by atoms with Crippen LogP contribution in [0.2, 0.25) is 0 Å². The number of rotatable bonds is 7. The molecule has 0 aliphatic carbocycles. The third-order valence-corrected chi connectivity index (χ3v) is 4.36. The fourth-order valence-electron chi connectivity index (χ4n) is 3.14. The summed E-state index contributed by atoms with van der Waals surface area (Å²) in [6.45, 7) is 6.92. The van der Waals surface area contributed by atoms with E-state index in [1.807, 2.05) is 66.1 Å². The molecule has 0 fully saturated rings. The van der Waals surface area contributed by atoms with Crippen molar-refractivity contribution >= 4 is 5.91 Å². The maximum atomic E-state index is 12.8. The SMILES string of the molecule is C=CC(=O)N(Cc1ccnn1CC)C(c1ccccc1)c1cnn(C)c1. The number of carbonyl (C=O) groups is 1. The lowest BCUT2D eigenvalue weighted by Crippen LogP contribution is -2.34. The third kappa shape index (κ3) is 3.59. The van der Waals surface area contributed by atoms with E-state index < -0.39 is 0 Å². The molecule has 0 N–H and O–H groups in total. The Bertz CT molecular complexity index is 881. The second-order valence-corrected chi connectivity index (χ2v) is 6.07. The van der Waals surface area contributed by atoms with E-state index >= 15 is 0 Å². The van der Waals surface area contributed by atoms with Crippen LogP contribution in [0.3, 0.4) is 0 Å². The van der Waals surface area contributed by atoms with Gasteiger partial charge in [-0.3, -0.25) is 14.2 Å². The topological polar surface area (TPSA) is 56.0 Å². The summed E-state index contributed by atoms with van der Waals surface area (Å²) in [7, 11) is 1.87. The molecule has 0 aliphatic rings. The van der Waals surface area contributed by atoms with Crippen molar-refractivity contribution in [3.8, 4) is 0 Å². The monoisotopic (exact) mass is 349 g/mol. The van der Waals surface area contributed by atoms with Crippen LogP contribution < -0.4 is 0 Å². The zero-order valence-corrected chi connectivity index (χ0v) is 15.1. The highest BCUT2D eigenvalue weighted by atomic mass is 16.2. The predicted molar refractivity (Wildman–Crippen MR) is 100 cm³/mol. The van der Waals surface area contributed by atoms with Gasteiger partial charge < -0.3 is 4.90 Å². The van der Waals surface area contributed by atoms with Crippen LogP contribution in [0.25, 0.3) is 0 Å². The fourth-order valence-corrected chi connectivity index (χ4v) is 3.14. The number of aromatic nitrogens is 4. The summed E-state index contributed by atoms with van der Waals surface area (Å²) in [5, 5.41) is 8.61. The van der Waals surface area contributed by atoms with E-state index in [0.717, 1.165) is 23.4 Å². The van der Waals surface area contributed by atoms with Crippen LogP contribution in [0.1, 0.15) is 29.8 Å². The molecule has 3 aromatic rings. The zero-order chi connectivity index (χ0) is 18.5. The van der Waals surface area contributed by atoms with Crippen LogP contribution in [0, 0.1) is 0 Å². The number of hydrogen-bond donors (Lipinski definition) is 0. The molecule has 0 bridgehead atoms. The maximum absolute atomic E-state index is 12.8. The van der Waals surface area contributed by atoms with Gasteiger partial charge in [0.1, 0.15) is 0 Å². The smallest absolute Gasteiger partial charge is 0.247 e. The molecule has 0 saturated heterocycles. The van der Waals surface area contributed by atoms with Crippen molar-refractivity contribution in [3.05, 3.63) is 84.5 Å². The Morgan fingerprint density at radius 2 is 2.00 bits per heavy atom. The van der Waals surface area contributed by atoms with Gasteiger partial charge in [-0.15, -0.1) is 0 Å². The minimum Gasteiger partial charge on any atom is -0.322 e. The number of hydrogen-bond acceptors (Lipinski definition) is 3. The first kappa shape index (κ1) is 17.7. The van der Waals surface area contributed by atoms with Gasteiger partial charge in [0.05, 0.1) is 24.5 Å². The molecular weight excluding hydrogens is 326 g/mol. The average molecular weight is 349 g/mol. The molecule has 1 atom stereocenters. The molecule has 134 valence electrons. The van der Waals surface area contributed by atoms with Crippen molar-refractivity contribution in [1.82, 2.24) is 24.5 Å². The lowest BCUT2D eigenvalue weighted by molar-refractivity contribution is -0.128. The quantitative estimate of drug-likeness (QED) is 0.616. The van der Waals surface area contributed by atoms with Crippen LogP contribution in [-0.2, 0) is 24.9 Å². The van der Waals surface area contributed by atoms with Gasteiger partial charge in [0.2, 0.25) is 5.91 Å². The average Bonchev–Trinajstić information content (AvgIpc) is 3.30. The molecule has 6 heteroatoms. The Hall–Kier alpha value is -3.15. The molecule has 6 nitrogen and oxygen atoms in total. The second kappa shape index (κ2) is 7.82. The van der Waals surface area contributed by atoms with Crippen molar-refractivity contribution < 1.29 is 4.79 Å². The molecule has 0 saturated carbocycles. The summed E-state index contributed by atoms with van der Waals surface area (Å²) in [6, 6.07) is 11.7. The Balaban J connectivity index is 2.07. The number of aryl methyl sites for hydroxylation is 2. The molecule has 2 heterocycles. The van der Waals surface area contributed by atoms with E-state index in [2.05, 4.69) is 16.8 Å². The summed E-state index contributed by atoms with van der Waals surface area (Å²) in [6.07, 6.45) is 6.87. The highest BCUT2D eigenvalue weighted by molar-refractivity contribution is 5.87. The summed E-state index contributed by atoms with van der Waals surface area (Å²) in [5.41, 5.74) is 2.96. The molecule has 1 aromatic carbocycles. The van der Waals surface area contributed by atoms with Gasteiger partial charge in [-0.1, -0.05) is 36.9 Å². The van der Waals surface area contributed by atoms with E-state index in [1.54, 1.807) is 17.1 Å². The van der Waals surface area contributed by atoms with Crippen molar-refractivity contribution in [1.29, 1.82) is 0 Å². The Morgan fingerprint density at radius 1 is 1.23 bits per heavy atom. The number of nitrogens with zero attached hydrogens (tertiary/aromatic N) is 5. The minimum absolute atomic E-state index is 0.133. The van der Waals surface area contributed by atoms with Crippen molar-refractivity contribution in [2.24, 2.45) is 7.05 Å². The molecule has 0 radical (unpaired) electrons. The summed E-state index contributed by atoms with van der Waals surface area (Å²) < 4.78 is 3.65. The summed E-state index contributed by atoms with van der Waals surface area (Å²) in [4.78, 5) is 14.6. The number of benzene rings is 1. The molecule has 0 aliphatic heterocycles. The van der Waals surface area contributed by atoms with Gasteiger partial charge in [0.15, 0.2) is 0 Å². The van der Waals surface area contributed by atoms with Gasteiger partial charge in [-0.2, -0.15) is 10.2 Å². The molecule has 1 unspecified atom stereocenters. The highest BCUT2D eigenvalue weighted by Gasteiger charge is 2.27. The normalized spacial score (nSPS) is 11.9. The predicted octanol–water partition coefficient (Wildman–Crippen LogP) is 2.94. The summed E-state index contributed by atoms with van der Waals surface area (Å²) in [5.74, 6) is -0.133. The number of amides is 1. The van der Waals surface area contributed by atoms with Crippen molar-refractivity contribution in [3.63, 3.8) is 0 Å². The van der Waals surface area contributed by atoms with Crippen molar-refractivity contribution in [2.75, 3.05) is 0 Å². The van der Waals surface area contributed by atoms with Crippen LogP contribution in [0.15, 0.2) is 67.6 Å². The van der Waals surface area contributed by atoms with Crippen LogP contribution in [0.5, 0.6) is 0 Å². The van der Waals surface area contributed by atoms with Crippen LogP contribution in [-0.4, -0.2) is 30.4 Å². The maximum Gasteiger partial charge on any atom is 0.247 e. The standard InChI is InChI=1S/C20H23N5O/c1-4-19(26)24(15-18-11-12-21-25(18)5-2)20(16-9-7-6-8-10-16)17-13-22-23(3)14-17/h4,6-14,20H,1,5,15H2,2-3H3. The Morgan fingerprint density at radius 3 is 2.62 bits per heavy atom. The molecule has 0 spiro atoms. The van der Waals surface area contributed by atoms with E-state index in [1.165, 1.54) is 6.08 Å². The molecule has 2 aromatic heterocycles. The molecule has 1 amide bonds. The summed E-state index contributed by atoms with van der Waals surface area (Å²) >= 11 is 0. The molecule has 3 rings (SSSR count). The lowest BCUT2D eigenvalue weighted by atomic mass is 9.99. The van der Waals surface area contributed by atoms with E-state index in [-0.39, 0.29) is 11.9 Å². The Labute approximate surface area is 153 Å². The van der Waals surface area contributed by atoms with Gasteiger partial charge in [-0.25, -0.2) is 0 Å². The van der Waals surface area contributed by atoms with Gasteiger partial charge in [0.25, 0.3) is 0 Å². The first-order valence-electron chi connectivity index (χ1n) is 8.61. The minimum atomic E-state index is -0.254. The van der Waals surface area contributed by atoms with E-state index in [4.69, 9.17) is 0 Å². The number of carbonyl (C=O) groups excluding carboxylic acids is 1. The second-order valence-electron chi connectivity index (χ2n) is 6.07. The van der Waals surface area contributed by atoms with Crippen molar-refractivity contribution in [2.45, 2.75) is 26.1 Å². The first-order valence-corrected chi connectivity index (χ1v) is 8.61. The molecular formula is C20H23N5O. The van der Waals surface area contributed by atoms with E-state index in [9.17, 15) is 4.79 Å². The van der Waals surface area contributed by atoms with Gasteiger partial charge >= 0.3 is 0 Å². The largest absolute Gasteiger partial charge is 0.322 e.